The average molecular weight is 268 g/mol. The summed E-state index contributed by atoms with van der Waals surface area (Å²) in [7, 11) is 1.78. The molecule has 1 saturated heterocycles. The molecule has 0 aromatic carbocycles. The van der Waals surface area contributed by atoms with Gasteiger partial charge in [-0.3, -0.25) is 14.3 Å². The molecule has 1 aromatic heterocycles. The standard InChI is InChI=1S/C11H16N4O4/c1-12-9-6-19-5-8(9)11(18)14-7-2-13-15(3-7)4-10(16)17/h2-3,8-9,12H,4-6H2,1H3,(H,14,18)(H,16,17). The number of carbonyl (C=O) groups excluding carboxylic acids is 1. The van der Waals surface area contributed by atoms with Gasteiger partial charge in [-0.15, -0.1) is 0 Å². The van der Waals surface area contributed by atoms with Crippen molar-refractivity contribution in [3.63, 3.8) is 0 Å². The quantitative estimate of drug-likeness (QED) is 0.642. The number of hydrogen-bond acceptors (Lipinski definition) is 5. The van der Waals surface area contributed by atoms with Crippen LogP contribution in [0, 0.1) is 5.92 Å². The topological polar surface area (TPSA) is 105 Å². The van der Waals surface area contributed by atoms with E-state index in [2.05, 4.69) is 15.7 Å². The zero-order chi connectivity index (χ0) is 13.8. The van der Waals surface area contributed by atoms with Gasteiger partial charge in [0.25, 0.3) is 0 Å². The summed E-state index contributed by atoms with van der Waals surface area (Å²) in [5.41, 5.74) is 0.480. The van der Waals surface area contributed by atoms with Gasteiger partial charge in [-0.05, 0) is 7.05 Å². The Morgan fingerprint density at radius 2 is 2.37 bits per heavy atom. The van der Waals surface area contributed by atoms with Gasteiger partial charge in [0, 0.05) is 12.2 Å². The maximum Gasteiger partial charge on any atom is 0.325 e. The van der Waals surface area contributed by atoms with E-state index in [1.807, 2.05) is 0 Å². The van der Waals surface area contributed by atoms with Gasteiger partial charge in [-0.1, -0.05) is 0 Å². The Bertz CT molecular complexity index is 473. The molecule has 1 fully saturated rings. The Balaban J connectivity index is 1.95. The number of hydrogen-bond donors (Lipinski definition) is 3. The van der Waals surface area contributed by atoms with E-state index >= 15 is 0 Å². The predicted molar refractivity (Wildman–Crippen MR) is 65.6 cm³/mol. The molecule has 2 unspecified atom stereocenters. The molecule has 19 heavy (non-hydrogen) atoms. The van der Waals surface area contributed by atoms with Crippen molar-refractivity contribution in [3.8, 4) is 0 Å². The number of carboxylic acids is 1. The van der Waals surface area contributed by atoms with Crippen molar-refractivity contribution in [3.05, 3.63) is 12.4 Å². The SMILES string of the molecule is CNC1COCC1C(=O)Nc1cnn(CC(=O)O)c1. The van der Waals surface area contributed by atoms with Crippen molar-refractivity contribution in [2.45, 2.75) is 12.6 Å². The Hall–Kier alpha value is -1.93. The Morgan fingerprint density at radius 1 is 1.58 bits per heavy atom. The minimum atomic E-state index is -0.986. The molecule has 0 bridgehead atoms. The molecule has 0 aliphatic carbocycles. The Morgan fingerprint density at radius 3 is 3.05 bits per heavy atom. The number of amides is 1. The first kappa shape index (κ1) is 13.5. The number of anilines is 1. The zero-order valence-corrected chi connectivity index (χ0v) is 10.5. The molecule has 3 N–H and O–H groups in total. The molecule has 2 heterocycles. The highest BCUT2D eigenvalue weighted by Gasteiger charge is 2.33. The molecule has 2 rings (SSSR count). The van der Waals surface area contributed by atoms with E-state index in [0.717, 1.165) is 0 Å². The normalized spacial score (nSPS) is 22.4. The summed E-state index contributed by atoms with van der Waals surface area (Å²) < 4.78 is 6.50. The van der Waals surface area contributed by atoms with Crippen LogP contribution in [0.2, 0.25) is 0 Å². The summed E-state index contributed by atoms with van der Waals surface area (Å²) in [5, 5.41) is 18.2. The molecule has 0 saturated carbocycles. The van der Waals surface area contributed by atoms with Gasteiger partial charge in [0.1, 0.15) is 6.54 Å². The van der Waals surface area contributed by atoms with Crippen LogP contribution in [0.5, 0.6) is 0 Å². The lowest BCUT2D eigenvalue weighted by Crippen LogP contribution is -2.39. The van der Waals surface area contributed by atoms with Crippen LogP contribution in [0.15, 0.2) is 12.4 Å². The van der Waals surface area contributed by atoms with Crippen LogP contribution in [-0.2, 0) is 20.9 Å². The molecule has 1 aliphatic heterocycles. The van der Waals surface area contributed by atoms with Crippen LogP contribution in [0.4, 0.5) is 5.69 Å². The average Bonchev–Trinajstić information content (AvgIpc) is 2.96. The number of rotatable bonds is 5. The van der Waals surface area contributed by atoms with Crippen LogP contribution in [0.3, 0.4) is 0 Å². The molecule has 1 amide bonds. The predicted octanol–water partition coefficient (Wildman–Crippen LogP) is -0.859. The van der Waals surface area contributed by atoms with Crippen LogP contribution in [-0.4, -0.2) is 53.1 Å². The van der Waals surface area contributed by atoms with E-state index in [4.69, 9.17) is 9.84 Å². The highest BCUT2D eigenvalue weighted by molar-refractivity contribution is 5.93. The Labute approximate surface area is 109 Å². The third kappa shape index (κ3) is 3.30. The molecule has 104 valence electrons. The van der Waals surface area contributed by atoms with Crippen LogP contribution in [0.1, 0.15) is 0 Å². The summed E-state index contributed by atoms with van der Waals surface area (Å²) in [6, 6.07) is -0.00550. The summed E-state index contributed by atoms with van der Waals surface area (Å²) >= 11 is 0. The summed E-state index contributed by atoms with van der Waals surface area (Å²) in [5.74, 6) is -1.40. The maximum atomic E-state index is 12.0. The van der Waals surface area contributed by atoms with Crippen molar-refractivity contribution in [1.29, 1.82) is 0 Å². The first-order valence-corrected chi connectivity index (χ1v) is 5.90. The third-order valence-electron chi connectivity index (χ3n) is 2.99. The Kier molecular flexibility index (Phi) is 4.13. The van der Waals surface area contributed by atoms with Gasteiger partial charge in [0.2, 0.25) is 5.91 Å². The minimum Gasteiger partial charge on any atom is -0.480 e. The minimum absolute atomic E-state index is 0.00550. The number of carbonyl (C=O) groups is 2. The number of carboxylic acid groups (broad SMARTS) is 1. The highest BCUT2D eigenvalue weighted by Crippen LogP contribution is 2.16. The van der Waals surface area contributed by atoms with Gasteiger partial charge in [-0.25, -0.2) is 0 Å². The molecule has 2 atom stereocenters. The zero-order valence-electron chi connectivity index (χ0n) is 10.5. The lowest BCUT2D eigenvalue weighted by atomic mass is 10.0. The second-order valence-corrected chi connectivity index (χ2v) is 4.35. The smallest absolute Gasteiger partial charge is 0.325 e. The highest BCUT2D eigenvalue weighted by atomic mass is 16.5. The van der Waals surface area contributed by atoms with Crippen molar-refractivity contribution < 1.29 is 19.4 Å². The number of ether oxygens (including phenoxy) is 1. The monoisotopic (exact) mass is 268 g/mol. The van der Waals surface area contributed by atoms with E-state index < -0.39 is 5.97 Å². The fourth-order valence-corrected chi connectivity index (χ4v) is 1.99. The first-order valence-electron chi connectivity index (χ1n) is 5.90. The molecule has 1 aromatic rings. The largest absolute Gasteiger partial charge is 0.480 e. The van der Waals surface area contributed by atoms with E-state index in [0.29, 0.717) is 18.9 Å². The molecule has 0 spiro atoms. The lowest BCUT2D eigenvalue weighted by molar-refractivity contribution is -0.137. The van der Waals surface area contributed by atoms with Gasteiger partial charge < -0.3 is 20.5 Å². The summed E-state index contributed by atoms with van der Waals surface area (Å²) in [6.45, 7) is 0.648. The number of aromatic nitrogens is 2. The molecule has 8 nitrogen and oxygen atoms in total. The number of nitrogens with zero attached hydrogens (tertiary/aromatic N) is 2. The van der Waals surface area contributed by atoms with Gasteiger partial charge in [0.15, 0.2) is 0 Å². The van der Waals surface area contributed by atoms with Crippen molar-refractivity contribution >= 4 is 17.6 Å². The van der Waals surface area contributed by atoms with E-state index in [9.17, 15) is 9.59 Å². The van der Waals surface area contributed by atoms with Crippen molar-refractivity contribution in [1.82, 2.24) is 15.1 Å². The van der Waals surface area contributed by atoms with E-state index in [1.54, 1.807) is 7.05 Å². The van der Waals surface area contributed by atoms with Gasteiger partial charge >= 0.3 is 5.97 Å². The maximum absolute atomic E-state index is 12.0. The second kappa shape index (κ2) is 5.81. The van der Waals surface area contributed by atoms with E-state index in [1.165, 1.54) is 17.1 Å². The lowest BCUT2D eigenvalue weighted by Gasteiger charge is -2.15. The van der Waals surface area contributed by atoms with E-state index in [-0.39, 0.29) is 24.4 Å². The van der Waals surface area contributed by atoms with Gasteiger partial charge in [-0.2, -0.15) is 5.10 Å². The molecular formula is C11H16N4O4. The van der Waals surface area contributed by atoms with Crippen LogP contribution in [0.25, 0.3) is 0 Å². The molecule has 8 heteroatoms. The fraction of sp³-hybridized carbons (Fsp3) is 0.545. The number of likely N-dealkylation sites (N-methyl/N-ethyl adjacent to an activating group) is 1. The third-order valence-corrected chi connectivity index (χ3v) is 2.99. The van der Waals surface area contributed by atoms with Gasteiger partial charge in [0.05, 0.1) is 31.0 Å². The molecule has 1 aliphatic rings. The number of nitrogens with one attached hydrogen (secondary N) is 2. The fourth-order valence-electron chi connectivity index (χ4n) is 1.99. The van der Waals surface area contributed by atoms with Crippen LogP contribution >= 0.6 is 0 Å². The van der Waals surface area contributed by atoms with Crippen molar-refractivity contribution in [2.24, 2.45) is 5.92 Å². The number of aliphatic carboxylic acids is 1. The first-order chi connectivity index (χ1) is 9.10. The van der Waals surface area contributed by atoms with Crippen LogP contribution < -0.4 is 10.6 Å². The summed E-state index contributed by atoms with van der Waals surface area (Å²) in [6.07, 6.45) is 2.90. The van der Waals surface area contributed by atoms with Crippen molar-refractivity contribution in [2.75, 3.05) is 25.6 Å². The molecule has 0 radical (unpaired) electrons. The molecular weight excluding hydrogens is 252 g/mol. The summed E-state index contributed by atoms with van der Waals surface area (Å²) in [4.78, 5) is 22.5. The second-order valence-electron chi connectivity index (χ2n) is 4.35.